The van der Waals surface area contributed by atoms with Gasteiger partial charge in [-0.25, -0.2) is 9.18 Å². The molecule has 0 aliphatic carbocycles. The van der Waals surface area contributed by atoms with E-state index >= 15 is 0 Å². The van der Waals surface area contributed by atoms with Crippen LogP contribution in [0.3, 0.4) is 0 Å². The first kappa shape index (κ1) is 19.9. The molecule has 2 amide bonds. The predicted octanol–water partition coefficient (Wildman–Crippen LogP) is 4.61. The summed E-state index contributed by atoms with van der Waals surface area (Å²) in [6.07, 6.45) is 2.77. The molecular formula is C24H30FN3O. The molecule has 0 bridgehead atoms. The van der Waals surface area contributed by atoms with E-state index < -0.39 is 0 Å². The summed E-state index contributed by atoms with van der Waals surface area (Å²) in [5.41, 5.74) is 4.32. The first-order valence-corrected chi connectivity index (χ1v) is 10.6. The molecule has 2 aliphatic heterocycles. The van der Waals surface area contributed by atoms with Crippen molar-refractivity contribution in [2.75, 3.05) is 31.1 Å². The molecule has 0 aromatic heterocycles. The number of urea groups is 1. The Morgan fingerprint density at radius 1 is 1.14 bits per heavy atom. The van der Waals surface area contributed by atoms with Crippen LogP contribution in [0.25, 0.3) is 0 Å². The van der Waals surface area contributed by atoms with Gasteiger partial charge in [0.1, 0.15) is 5.82 Å². The summed E-state index contributed by atoms with van der Waals surface area (Å²) in [6.45, 7) is 8.28. The number of carbonyl (C=O) groups excluding carboxylic acids is 1. The van der Waals surface area contributed by atoms with Gasteiger partial charge in [0, 0.05) is 30.7 Å². The van der Waals surface area contributed by atoms with Crippen LogP contribution in [0.2, 0.25) is 0 Å². The lowest BCUT2D eigenvalue weighted by Gasteiger charge is -2.40. The molecule has 4 nitrogen and oxygen atoms in total. The highest BCUT2D eigenvalue weighted by Gasteiger charge is 2.46. The summed E-state index contributed by atoms with van der Waals surface area (Å²) in [7, 11) is 0. The molecule has 1 saturated heterocycles. The Kier molecular flexibility index (Phi) is 5.59. The van der Waals surface area contributed by atoms with Gasteiger partial charge in [-0.3, -0.25) is 9.80 Å². The standard InChI is InChI=1S/C24H30FN3O/c1-3-12-26-23(29)28-17-24(21-15-20(25)8-9-22(21)28)10-13-27(14-11-24)16-19-6-4-18(2)5-7-19/h4-9,15H,3,10-14,16-17H2,1-2H3,(H,26,29). The van der Waals surface area contributed by atoms with Crippen LogP contribution in [-0.2, 0) is 12.0 Å². The van der Waals surface area contributed by atoms with Crippen LogP contribution < -0.4 is 10.2 Å². The highest BCUT2D eigenvalue weighted by molar-refractivity contribution is 5.95. The second kappa shape index (κ2) is 8.15. The second-order valence-corrected chi connectivity index (χ2v) is 8.52. The van der Waals surface area contributed by atoms with E-state index in [1.165, 1.54) is 17.2 Å². The number of nitrogens with one attached hydrogen (secondary N) is 1. The molecule has 0 radical (unpaired) electrons. The Balaban J connectivity index is 1.50. The third-order valence-electron chi connectivity index (χ3n) is 6.39. The minimum Gasteiger partial charge on any atom is -0.338 e. The molecule has 1 spiro atoms. The number of piperidine rings is 1. The van der Waals surface area contributed by atoms with Crippen molar-refractivity contribution in [1.82, 2.24) is 10.2 Å². The van der Waals surface area contributed by atoms with E-state index in [0.29, 0.717) is 13.1 Å². The maximum absolute atomic E-state index is 14.1. The van der Waals surface area contributed by atoms with Gasteiger partial charge in [-0.2, -0.15) is 0 Å². The Morgan fingerprint density at radius 2 is 1.86 bits per heavy atom. The van der Waals surface area contributed by atoms with E-state index in [1.807, 2.05) is 11.8 Å². The van der Waals surface area contributed by atoms with Crippen molar-refractivity contribution in [2.24, 2.45) is 0 Å². The van der Waals surface area contributed by atoms with Crippen molar-refractivity contribution in [1.29, 1.82) is 0 Å². The number of amides is 2. The molecule has 1 N–H and O–H groups in total. The number of nitrogens with zero attached hydrogens (tertiary/aromatic N) is 2. The number of aryl methyl sites for hydroxylation is 1. The molecule has 29 heavy (non-hydrogen) atoms. The van der Waals surface area contributed by atoms with E-state index in [-0.39, 0.29) is 17.3 Å². The fourth-order valence-electron chi connectivity index (χ4n) is 4.67. The number of carbonyl (C=O) groups is 1. The summed E-state index contributed by atoms with van der Waals surface area (Å²) >= 11 is 0. The average Bonchev–Trinajstić information content (AvgIpc) is 3.03. The zero-order chi connectivity index (χ0) is 20.4. The fraction of sp³-hybridized carbons (Fsp3) is 0.458. The first-order chi connectivity index (χ1) is 14.0. The molecule has 2 aromatic rings. The van der Waals surface area contributed by atoms with Crippen LogP contribution in [0, 0.1) is 12.7 Å². The number of fused-ring (bicyclic) bond motifs is 2. The van der Waals surface area contributed by atoms with Crippen molar-refractivity contribution >= 4 is 11.7 Å². The van der Waals surface area contributed by atoms with Gasteiger partial charge in [-0.1, -0.05) is 36.8 Å². The van der Waals surface area contributed by atoms with Crippen LogP contribution in [0.1, 0.15) is 42.9 Å². The van der Waals surface area contributed by atoms with Crippen molar-refractivity contribution in [3.05, 3.63) is 65.0 Å². The molecule has 2 heterocycles. The fourth-order valence-corrected chi connectivity index (χ4v) is 4.67. The van der Waals surface area contributed by atoms with E-state index in [4.69, 9.17) is 0 Å². The third-order valence-corrected chi connectivity index (χ3v) is 6.39. The smallest absolute Gasteiger partial charge is 0.321 e. The van der Waals surface area contributed by atoms with Crippen LogP contribution >= 0.6 is 0 Å². The second-order valence-electron chi connectivity index (χ2n) is 8.52. The highest BCUT2D eigenvalue weighted by atomic mass is 19.1. The van der Waals surface area contributed by atoms with Gasteiger partial charge in [-0.15, -0.1) is 0 Å². The number of likely N-dealkylation sites (tertiary alicyclic amines) is 1. The Bertz CT molecular complexity index is 872. The maximum Gasteiger partial charge on any atom is 0.321 e. The van der Waals surface area contributed by atoms with Crippen LogP contribution in [-0.4, -0.2) is 37.1 Å². The quantitative estimate of drug-likeness (QED) is 0.821. The molecule has 2 aliphatic rings. The van der Waals surface area contributed by atoms with Crippen molar-refractivity contribution in [2.45, 2.75) is 45.1 Å². The largest absolute Gasteiger partial charge is 0.338 e. The van der Waals surface area contributed by atoms with E-state index in [1.54, 1.807) is 12.1 Å². The molecule has 154 valence electrons. The zero-order valence-corrected chi connectivity index (χ0v) is 17.4. The summed E-state index contributed by atoms with van der Waals surface area (Å²) < 4.78 is 14.1. The Hall–Kier alpha value is -2.40. The van der Waals surface area contributed by atoms with Gasteiger partial charge in [0.25, 0.3) is 0 Å². The maximum atomic E-state index is 14.1. The third kappa shape index (κ3) is 4.01. The number of halogens is 1. The highest BCUT2D eigenvalue weighted by Crippen LogP contribution is 2.47. The van der Waals surface area contributed by atoms with Gasteiger partial charge in [-0.05, 0) is 68.6 Å². The minimum atomic E-state index is -0.221. The minimum absolute atomic E-state index is 0.0707. The molecule has 4 rings (SSSR count). The van der Waals surface area contributed by atoms with Crippen LogP contribution in [0.15, 0.2) is 42.5 Å². The molecular weight excluding hydrogens is 365 g/mol. The molecule has 1 fully saturated rings. The zero-order valence-electron chi connectivity index (χ0n) is 17.4. The summed E-state index contributed by atoms with van der Waals surface area (Å²) in [6, 6.07) is 13.5. The molecule has 5 heteroatoms. The lowest BCUT2D eigenvalue weighted by atomic mass is 9.74. The summed E-state index contributed by atoms with van der Waals surface area (Å²) in [4.78, 5) is 17.0. The van der Waals surface area contributed by atoms with Gasteiger partial charge in [0.05, 0.1) is 0 Å². The SMILES string of the molecule is CCCNC(=O)N1CC2(CCN(Cc3ccc(C)cc3)CC2)c2cc(F)ccc21. The normalized spacial score (nSPS) is 18.1. The van der Waals surface area contributed by atoms with Crippen molar-refractivity contribution in [3.8, 4) is 0 Å². The molecule has 2 aromatic carbocycles. The monoisotopic (exact) mass is 395 g/mol. The van der Waals surface area contributed by atoms with E-state index in [2.05, 4.69) is 41.4 Å². The van der Waals surface area contributed by atoms with E-state index in [9.17, 15) is 9.18 Å². The number of anilines is 1. The Morgan fingerprint density at radius 3 is 2.55 bits per heavy atom. The van der Waals surface area contributed by atoms with Crippen molar-refractivity contribution < 1.29 is 9.18 Å². The van der Waals surface area contributed by atoms with Crippen molar-refractivity contribution in [3.63, 3.8) is 0 Å². The molecule has 0 saturated carbocycles. The Labute approximate surface area is 172 Å². The van der Waals surface area contributed by atoms with Gasteiger partial charge < -0.3 is 5.32 Å². The topological polar surface area (TPSA) is 35.6 Å². The number of hydrogen-bond acceptors (Lipinski definition) is 2. The van der Waals surface area contributed by atoms with Gasteiger partial charge >= 0.3 is 6.03 Å². The van der Waals surface area contributed by atoms with Crippen LogP contribution in [0.4, 0.5) is 14.9 Å². The lowest BCUT2D eigenvalue weighted by Crippen LogP contribution is -2.47. The average molecular weight is 396 g/mol. The van der Waals surface area contributed by atoms with Gasteiger partial charge in [0.15, 0.2) is 0 Å². The van der Waals surface area contributed by atoms with E-state index in [0.717, 1.165) is 50.1 Å². The lowest BCUT2D eigenvalue weighted by molar-refractivity contribution is 0.159. The number of benzene rings is 2. The summed E-state index contributed by atoms with van der Waals surface area (Å²) in [5, 5.41) is 2.98. The van der Waals surface area contributed by atoms with Crippen LogP contribution in [0.5, 0.6) is 0 Å². The number of hydrogen-bond donors (Lipinski definition) is 1. The number of rotatable bonds is 4. The van der Waals surface area contributed by atoms with Gasteiger partial charge in [0.2, 0.25) is 0 Å². The predicted molar refractivity (Wildman–Crippen MR) is 115 cm³/mol. The summed E-state index contributed by atoms with van der Waals surface area (Å²) in [5.74, 6) is -0.221. The molecule has 0 atom stereocenters. The first-order valence-electron chi connectivity index (χ1n) is 10.6. The molecule has 0 unspecified atom stereocenters.